The predicted molar refractivity (Wildman–Crippen MR) is 69.0 cm³/mol. The van der Waals surface area contributed by atoms with E-state index in [0.717, 1.165) is 36.1 Å². The fourth-order valence-electron chi connectivity index (χ4n) is 2.29. The Labute approximate surface area is 105 Å². The van der Waals surface area contributed by atoms with E-state index >= 15 is 0 Å². The van der Waals surface area contributed by atoms with Gasteiger partial charge >= 0.3 is 0 Å². The largest absolute Gasteiger partial charge is 0.508 e. The van der Waals surface area contributed by atoms with E-state index in [1.807, 2.05) is 0 Å². The monoisotopic (exact) mass is 242 g/mol. The van der Waals surface area contributed by atoms with Gasteiger partial charge < -0.3 is 10.5 Å². The van der Waals surface area contributed by atoms with Crippen LogP contribution in [0.15, 0.2) is 24.3 Å². The molecule has 1 heterocycles. The van der Waals surface area contributed by atoms with E-state index < -0.39 is 0 Å². The number of aryl methyl sites for hydroxylation is 1. The number of nitrogens with zero attached hydrogens (tertiary/aromatic N) is 2. The zero-order valence-electron chi connectivity index (χ0n) is 9.85. The average molecular weight is 242 g/mol. The van der Waals surface area contributed by atoms with Gasteiger partial charge in [-0.05, 0) is 43.5 Å². The fourth-order valence-corrected chi connectivity index (χ4v) is 2.29. The molecule has 5 nitrogen and oxygen atoms in total. The van der Waals surface area contributed by atoms with Gasteiger partial charge in [0, 0.05) is 16.8 Å². The Morgan fingerprint density at radius 3 is 2.61 bits per heavy atom. The lowest BCUT2D eigenvalue weighted by Gasteiger charge is -2.09. The van der Waals surface area contributed by atoms with Crippen LogP contribution >= 0.6 is 0 Å². The highest BCUT2D eigenvalue weighted by molar-refractivity contribution is 5.61. The second-order valence-electron chi connectivity index (χ2n) is 4.37. The second kappa shape index (κ2) is 4.27. The number of rotatable bonds is 2. The van der Waals surface area contributed by atoms with Crippen LogP contribution in [-0.4, -0.2) is 15.1 Å². The van der Waals surface area contributed by atoms with Crippen molar-refractivity contribution in [3.63, 3.8) is 0 Å². The third kappa shape index (κ3) is 1.78. The number of hydrogen-bond acceptors (Lipinski definition) is 5. The van der Waals surface area contributed by atoms with Crippen LogP contribution in [-0.2, 0) is 12.8 Å². The number of fused-ring (bicyclic) bond motifs is 1. The van der Waals surface area contributed by atoms with Crippen LogP contribution in [0.2, 0.25) is 0 Å². The highest BCUT2D eigenvalue weighted by Crippen LogP contribution is 2.29. The van der Waals surface area contributed by atoms with Crippen LogP contribution in [0.1, 0.15) is 17.7 Å². The van der Waals surface area contributed by atoms with Crippen molar-refractivity contribution in [2.45, 2.75) is 19.3 Å². The van der Waals surface area contributed by atoms with E-state index in [4.69, 9.17) is 5.84 Å². The quantitative estimate of drug-likeness (QED) is 0.550. The zero-order chi connectivity index (χ0) is 12.5. The number of anilines is 1. The first-order chi connectivity index (χ1) is 8.78. The molecular weight excluding hydrogens is 228 g/mol. The standard InChI is InChI=1S/C13H14N4O/c14-17-13-10-2-1-3-11(10)15-12(16-13)8-4-6-9(18)7-5-8/h4-7,18H,1-3,14H2,(H,15,16,17). The van der Waals surface area contributed by atoms with Crippen molar-refractivity contribution in [1.82, 2.24) is 9.97 Å². The third-order valence-electron chi connectivity index (χ3n) is 3.20. The first-order valence-electron chi connectivity index (χ1n) is 5.94. The Hall–Kier alpha value is -2.14. The van der Waals surface area contributed by atoms with E-state index in [1.54, 1.807) is 24.3 Å². The molecule has 0 fully saturated rings. The van der Waals surface area contributed by atoms with Crippen molar-refractivity contribution in [2.75, 3.05) is 5.43 Å². The fraction of sp³-hybridized carbons (Fsp3) is 0.231. The molecule has 0 saturated carbocycles. The normalized spacial score (nSPS) is 13.4. The molecule has 92 valence electrons. The minimum absolute atomic E-state index is 0.233. The molecule has 0 saturated heterocycles. The maximum Gasteiger partial charge on any atom is 0.161 e. The summed E-state index contributed by atoms with van der Waals surface area (Å²) in [5, 5.41) is 9.29. The molecule has 1 aromatic heterocycles. The van der Waals surface area contributed by atoms with Crippen molar-refractivity contribution in [3.05, 3.63) is 35.5 Å². The maximum absolute atomic E-state index is 9.29. The number of nitrogen functional groups attached to an aromatic ring is 1. The third-order valence-corrected chi connectivity index (χ3v) is 3.20. The predicted octanol–water partition coefficient (Wildman–Crippen LogP) is 1.62. The minimum atomic E-state index is 0.233. The highest BCUT2D eigenvalue weighted by Gasteiger charge is 2.19. The molecular formula is C13H14N4O. The SMILES string of the molecule is NNc1nc(-c2ccc(O)cc2)nc2c1CCC2. The minimum Gasteiger partial charge on any atom is -0.508 e. The number of aromatic nitrogens is 2. The van der Waals surface area contributed by atoms with Crippen LogP contribution in [0, 0.1) is 0 Å². The topological polar surface area (TPSA) is 84.1 Å². The first-order valence-corrected chi connectivity index (χ1v) is 5.94. The van der Waals surface area contributed by atoms with E-state index in [-0.39, 0.29) is 5.75 Å². The van der Waals surface area contributed by atoms with Crippen LogP contribution < -0.4 is 11.3 Å². The van der Waals surface area contributed by atoms with Gasteiger partial charge in [-0.15, -0.1) is 0 Å². The number of hydrogen-bond donors (Lipinski definition) is 3. The van der Waals surface area contributed by atoms with Crippen molar-refractivity contribution in [3.8, 4) is 17.1 Å². The van der Waals surface area contributed by atoms with Gasteiger partial charge in [0.05, 0.1) is 0 Å². The Kier molecular flexibility index (Phi) is 2.60. The van der Waals surface area contributed by atoms with Crippen molar-refractivity contribution in [1.29, 1.82) is 0 Å². The summed E-state index contributed by atoms with van der Waals surface area (Å²) in [6.45, 7) is 0. The van der Waals surface area contributed by atoms with Crippen LogP contribution in [0.4, 0.5) is 5.82 Å². The van der Waals surface area contributed by atoms with Gasteiger partial charge in [0.1, 0.15) is 11.6 Å². The van der Waals surface area contributed by atoms with Crippen LogP contribution in [0.3, 0.4) is 0 Å². The van der Waals surface area contributed by atoms with Crippen LogP contribution in [0.25, 0.3) is 11.4 Å². The molecule has 1 aromatic carbocycles. The van der Waals surface area contributed by atoms with Crippen molar-refractivity contribution in [2.24, 2.45) is 5.84 Å². The molecule has 2 aromatic rings. The molecule has 0 spiro atoms. The summed E-state index contributed by atoms with van der Waals surface area (Å²) >= 11 is 0. The molecule has 0 unspecified atom stereocenters. The van der Waals surface area contributed by atoms with Crippen molar-refractivity contribution < 1.29 is 5.11 Å². The smallest absolute Gasteiger partial charge is 0.161 e. The second-order valence-corrected chi connectivity index (χ2v) is 4.37. The molecule has 0 radical (unpaired) electrons. The lowest BCUT2D eigenvalue weighted by molar-refractivity contribution is 0.475. The molecule has 4 N–H and O–H groups in total. The van der Waals surface area contributed by atoms with Crippen molar-refractivity contribution >= 4 is 5.82 Å². The van der Waals surface area contributed by atoms with Crippen LogP contribution in [0.5, 0.6) is 5.75 Å². The number of nitrogens with two attached hydrogens (primary N) is 1. The zero-order valence-corrected chi connectivity index (χ0v) is 9.85. The molecule has 0 atom stereocenters. The molecule has 1 aliphatic rings. The molecule has 18 heavy (non-hydrogen) atoms. The summed E-state index contributed by atoms with van der Waals surface area (Å²) in [5.74, 6) is 7.10. The Bertz CT molecular complexity index is 580. The number of aromatic hydroxyl groups is 1. The van der Waals surface area contributed by atoms with Gasteiger partial charge in [0.15, 0.2) is 5.82 Å². The first kappa shape index (κ1) is 11.0. The molecule has 5 heteroatoms. The summed E-state index contributed by atoms with van der Waals surface area (Å²) in [6, 6.07) is 6.85. The Morgan fingerprint density at radius 2 is 1.89 bits per heavy atom. The number of hydrazine groups is 1. The molecule has 0 amide bonds. The van der Waals surface area contributed by atoms with Gasteiger partial charge in [-0.1, -0.05) is 0 Å². The van der Waals surface area contributed by atoms with Gasteiger partial charge in [-0.3, -0.25) is 0 Å². The summed E-state index contributed by atoms with van der Waals surface area (Å²) < 4.78 is 0. The lowest BCUT2D eigenvalue weighted by atomic mass is 10.2. The molecule has 0 aliphatic heterocycles. The lowest BCUT2D eigenvalue weighted by Crippen LogP contribution is -2.12. The summed E-state index contributed by atoms with van der Waals surface area (Å²) in [6.07, 6.45) is 3.04. The molecule has 3 rings (SSSR count). The van der Waals surface area contributed by atoms with Gasteiger partial charge in [-0.2, -0.15) is 0 Å². The summed E-state index contributed by atoms with van der Waals surface area (Å²) in [4.78, 5) is 9.01. The van der Waals surface area contributed by atoms with Gasteiger partial charge in [0.2, 0.25) is 0 Å². The Morgan fingerprint density at radius 1 is 1.11 bits per heavy atom. The summed E-state index contributed by atoms with van der Waals surface area (Å²) in [5.41, 5.74) is 5.72. The number of nitrogens with one attached hydrogen (secondary N) is 1. The average Bonchev–Trinajstić information content (AvgIpc) is 2.86. The van der Waals surface area contributed by atoms with Gasteiger partial charge in [-0.25, -0.2) is 15.8 Å². The number of phenols is 1. The maximum atomic E-state index is 9.29. The molecule has 0 bridgehead atoms. The highest BCUT2D eigenvalue weighted by atomic mass is 16.3. The van der Waals surface area contributed by atoms with E-state index in [1.165, 1.54) is 0 Å². The van der Waals surface area contributed by atoms with E-state index in [2.05, 4.69) is 15.4 Å². The van der Waals surface area contributed by atoms with E-state index in [0.29, 0.717) is 11.6 Å². The number of phenolic OH excluding ortho intramolecular Hbond substituents is 1. The van der Waals surface area contributed by atoms with Gasteiger partial charge in [0.25, 0.3) is 0 Å². The van der Waals surface area contributed by atoms with E-state index in [9.17, 15) is 5.11 Å². The number of benzene rings is 1. The Balaban J connectivity index is 2.10. The molecule has 1 aliphatic carbocycles. The summed E-state index contributed by atoms with van der Waals surface area (Å²) in [7, 11) is 0.